The van der Waals surface area contributed by atoms with E-state index in [0.717, 1.165) is 11.3 Å². The Morgan fingerprint density at radius 1 is 1.03 bits per heavy atom. The molecular formula is C23H22N2O3S. The summed E-state index contributed by atoms with van der Waals surface area (Å²) in [7, 11) is 1.56. The Bertz CT molecular complexity index is 1040. The number of benzene rings is 2. The van der Waals surface area contributed by atoms with E-state index in [1.54, 1.807) is 31.4 Å². The van der Waals surface area contributed by atoms with Gasteiger partial charge in [-0.2, -0.15) is 0 Å². The van der Waals surface area contributed by atoms with Crippen LogP contribution in [0.15, 0.2) is 65.7 Å². The normalized spacial score (nSPS) is 10.4. The number of hydrogen-bond donors (Lipinski definition) is 1. The second-order valence-corrected chi connectivity index (χ2v) is 7.49. The molecule has 0 aliphatic heterocycles. The number of carbonyl (C=O) groups excluding carboxylic acids is 2. The zero-order valence-corrected chi connectivity index (χ0v) is 17.4. The first-order valence-corrected chi connectivity index (χ1v) is 10.1. The molecule has 0 spiro atoms. The molecule has 1 amide bonds. The van der Waals surface area contributed by atoms with Gasteiger partial charge in [-0.15, -0.1) is 0 Å². The molecule has 0 fully saturated rings. The quantitative estimate of drug-likeness (QED) is 0.445. The van der Waals surface area contributed by atoms with Crippen LogP contribution in [0.4, 0.5) is 5.69 Å². The first-order valence-electron chi connectivity index (χ1n) is 9.12. The third kappa shape index (κ3) is 5.23. The van der Waals surface area contributed by atoms with Crippen molar-refractivity contribution in [3.05, 3.63) is 83.0 Å². The average molecular weight is 407 g/mol. The molecule has 3 rings (SSSR count). The number of amides is 1. The van der Waals surface area contributed by atoms with Crippen LogP contribution in [0, 0.1) is 13.8 Å². The number of ketones is 1. The van der Waals surface area contributed by atoms with E-state index in [-0.39, 0.29) is 17.4 Å². The lowest BCUT2D eigenvalue weighted by molar-refractivity contribution is 0.101. The molecule has 29 heavy (non-hydrogen) atoms. The van der Waals surface area contributed by atoms with Crippen molar-refractivity contribution in [2.75, 3.05) is 18.2 Å². The molecular weight excluding hydrogens is 384 g/mol. The van der Waals surface area contributed by atoms with Crippen molar-refractivity contribution in [1.29, 1.82) is 0 Å². The summed E-state index contributed by atoms with van der Waals surface area (Å²) in [5.74, 6) is 0.518. The number of thioether (sulfide) groups is 1. The lowest BCUT2D eigenvalue weighted by Crippen LogP contribution is -2.16. The highest BCUT2D eigenvalue weighted by Crippen LogP contribution is 2.26. The number of aryl methyl sites for hydroxylation is 2. The molecule has 0 aliphatic carbocycles. The van der Waals surface area contributed by atoms with Gasteiger partial charge in [-0.3, -0.25) is 9.59 Å². The number of carbonyl (C=O) groups is 2. The number of ether oxygens (including phenoxy) is 1. The Labute approximate surface area is 174 Å². The van der Waals surface area contributed by atoms with Crippen LogP contribution >= 0.6 is 11.8 Å². The largest absolute Gasteiger partial charge is 0.497 e. The number of nitrogens with one attached hydrogen (secondary N) is 1. The predicted molar refractivity (Wildman–Crippen MR) is 116 cm³/mol. The number of para-hydroxylation sites is 1. The number of anilines is 1. The van der Waals surface area contributed by atoms with Gasteiger partial charge in [-0.1, -0.05) is 42.1 Å². The number of rotatable bonds is 7. The van der Waals surface area contributed by atoms with Gasteiger partial charge < -0.3 is 10.1 Å². The molecule has 5 nitrogen and oxygen atoms in total. The van der Waals surface area contributed by atoms with E-state index >= 15 is 0 Å². The fraction of sp³-hybridized carbons (Fsp3) is 0.174. The Balaban J connectivity index is 1.81. The molecule has 0 radical (unpaired) electrons. The predicted octanol–water partition coefficient (Wildman–Crippen LogP) is 4.93. The number of pyridine rings is 1. The topological polar surface area (TPSA) is 68.3 Å². The third-order valence-corrected chi connectivity index (χ3v) is 5.28. The summed E-state index contributed by atoms with van der Waals surface area (Å²) in [5.41, 5.74) is 3.39. The Hall–Kier alpha value is -3.12. The van der Waals surface area contributed by atoms with Crippen molar-refractivity contribution in [2.24, 2.45) is 0 Å². The van der Waals surface area contributed by atoms with Crippen LogP contribution in [0.25, 0.3) is 0 Å². The highest BCUT2D eigenvalue weighted by atomic mass is 32.2. The van der Waals surface area contributed by atoms with Crippen molar-refractivity contribution in [1.82, 2.24) is 4.98 Å². The minimum atomic E-state index is -0.238. The van der Waals surface area contributed by atoms with Gasteiger partial charge in [0, 0.05) is 16.9 Å². The Kier molecular flexibility index (Phi) is 6.67. The van der Waals surface area contributed by atoms with Gasteiger partial charge in [0.1, 0.15) is 10.8 Å². The number of nitrogens with zero attached hydrogens (tertiary/aromatic N) is 1. The molecule has 0 atom stereocenters. The molecule has 0 aliphatic rings. The molecule has 148 valence electrons. The summed E-state index contributed by atoms with van der Waals surface area (Å²) in [6.07, 6.45) is 0. The van der Waals surface area contributed by atoms with Crippen LogP contribution in [0.1, 0.15) is 32.0 Å². The maximum atomic E-state index is 12.9. The monoisotopic (exact) mass is 406 g/mol. The van der Waals surface area contributed by atoms with E-state index < -0.39 is 0 Å². The van der Waals surface area contributed by atoms with Gasteiger partial charge in [0.25, 0.3) is 5.91 Å². The van der Waals surface area contributed by atoms with Crippen LogP contribution in [0.3, 0.4) is 0 Å². The first-order chi connectivity index (χ1) is 14.0. The van der Waals surface area contributed by atoms with Crippen molar-refractivity contribution < 1.29 is 14.3 Å². The zero-order valence-electron chi connectivity index (χ0n) is 16.6. The summed E-state index contributed by atoms with van der Waals surface area (Å²) in [4.78, 5) is 30.0. The summed E-state index contributed by atoms with van der Waals surface area (Å²) in [6.45, 7) is 3.75. The molecule has 1 N–H and O–H groups in total. The van der Waals surface area contributed by atoms with Crippen LogP contribution in [-0.2, 0) is 0 Å². The summed E-state index contributed by atoms with van der Waals surface area (Å²) < 4.78 is 5.18. The third-order valence-electron chi connectivity index (χ3n) is 4.30. The minimum absolute atomic E-state index is 0.0516. The van der Waals surface area contributed by atoms with E-state index in [1.807, 2.05) is 50.2 Å². The average Bonchev–Trinajstić information content (AvgIpc) is 2.72. The lowest BCUT2D eigenvalue weighted by Gasteiger charge is -2.13. The second kappa shape index (κ2) is 9.39. The summed E-state index contributed by atoms with van der Waals surface area (Å²) in [6, 6.07) is 18.2. The van der Waals surface area contributed by atoms with E-state index in [1.165, 1.54) is 11.8 Å². The SMILES string of the molecule is COc1cccc(C(=O)CSc2nc(C)cc(C)c2C(=O)Nc2ccccc2)c1. The smallest absolute Gasteiger partial charge is 0.258 e. The van der Waals surface area contributed by atoms with Gasteiger partial charge in [0.15, 0.2) is 5.78 Å². The van der Waals surface area contributed by atoms with Gasteiger partial charge in [-0.05, 0) is 49.7 Å². The van der Waals surface area contributed by atoms with Crippen LogP contribution in [0.5, 0.6) is 5.75 Å². The molecule has 0 saturated carbocycles. The maximum Gasteiger partial charge on any atom is 0.258 e. The number of methoxy groups -OCH3 is 1. The van der Waals surface area contributed by atoms with E-state index in [0.29, 0.717) is 27.6 Å². The van der Waals surface area contributed by atoms with Gasteiger partial charge >= 0.3 is 0 Å². The molecule has 2 aromatic carbocycles. The number of Topliss-reactive ketones (excluding diaryl/α,β-unsaturated/α-hetero) is 1. The highest BCUT2D eigenvalue weighted by Gasteiger charge is 2.19. The highest BCUT2D eigenvalue weighted by molar-refractivity contribution is 8.00. The fourth-order valence-electron chi connectivity index (χ4n) is 2.91. The zero-order chi connectivity index (χ0) is 20.8. The van der Waals surface area contributed by atoms with E-state index in [9.17, 15) is 9.59 Å². The number of aromatic nitrogens is 1. The molecule has 6 heteroatoms. The van der Waals surface area contributed by atoms with Gasteiger partial charge in [-0.25, -0.2) is 4.98 Å². The van der Waals surface area contributed by atoms with Crippen LogP contribution in [0.2, 0.25) is 0 Å². The van der Waals surface area contributed by atoms with Crippen molar-refractivity contribution in [2.45, 2.75) is 18.9 Å². The number of hydrogen-bond acceptors (Lipinski definition) is 5. The molecule has 3 aromatic rings. The first kappa shape index (κ1) is 20.6. The standard InChI is InChI=1S/C23H22N2O3S/c1-15-12-16(2)24-23(21(15)22(27)25-18-9-5-4-6-10-18)29-14-20(26)17-8-7-11-19(13-17)28-3/h4-13H,14H2,1-3H3,(H,25,27). The molecule has 0 unspecified atom stereocenters. The minimum Gasteiger partial charge on any atom is -0.497 e. The van der Waals surface area contributed by atoms with Crippen LogP contribution < -0.4 is 10.1 Å². The lowest BCUT2D eigenvalue weighted by atomic mass is 10.1. The van der Waals surface area contributed by atoms with Crippen molar-refractivity contribution in [3.8, 4) is 5.75 Å². The van der Waals surface area contributed by atoms with Gasteiger partial charge in [0.05, 0.1) is 18.4 Å². The van der Waals surface area contributed by atoms with E-state index in [4.69, 9.17) is 4.74 Å². The Morgan fingerprint density at radius 3 is 2.52 bits per heavy atom. The van der Waals surface area contributed by atoms with Crippen molar-refractivity contribution >= 4 is 29.1 Å². The second-order valence-electron chi connectivity index (χ2n) is 6.52. The maximum absolute atomic E-state index is 12.9. The van der Waals surface area contributed by atoms with E-state index in [2.05, 4.69) is 10.3 Å². The van der Waals surface area contributed by atoms with Crippen molar-refractivity contribution in [3.63, 3.8) is 0 Å². The summed E-state index contributed by atoms with van der Waals surface area (Å²) in [5, 5.41) is 3.45. The van der Waals surface area contributed by atoms with Crippen LogP contribution in [-0.4, -0.2) is 29.5 Å². The molecule has 1 aromatic heterocycles. The van der Waals surface area contributed by atoms with Gasteiger partial charge in [0.2, 0.25) is 0 Å². The molecule has 0 bridgehead atoms. The Morgan fingerprint density at radius 2 is 1.79 bits per heavy atom. The molecule has 1 heterocycles. The summed E-state index contributed by atoms with van der Waals surface area (Å²) >= 11 is 1.27. The molecule has 0 saturated heterocycles. The fourth-order valence-corrected chi connectivity index (χ4v) is 3.95.